The number of nitrogens with one attached hydrogen (secondary N) is 1. The Bertz CT molecular complexity index is 361. The van der Waals surface area contributed by atoms with Crippen LogP contribution in [0.3, 0.4) is 0 Å². The molecule has 5 heteroatoms. The standard InChI is InChI=1S/C16H27NO4/c1-3-5-11-13(16(19)20)17-15(18)14(4-2)21-12-9-7-6-8-10-12/h3,5,12-14H,4,6-11H2,1-2H3,(H,17,18)(H,19,20)/b5-3+. The van der Waals surface area contributed by atoms with Gasteiger partial charge in [0.2, 0.25) is 5.91 Å². The van der Waals surface area contributed by atoms with Gasteiger partial charge in [0.05, 0.1) is 6.10 Å². The molecule has 5 nitrogen and oxygen atoms in total. The molecule has 0 aromatic rings. The molecule has 0 spiro atoms. The van der Waals surface area contributed by atoms with Crippen LogP contribution in [0, 0.1) is 0 Å². The number of hydrogen-bond donors (Lipinski definition) is 2. The number of hydrogen-bond acceptors (Lipinski definition) is 3. The first-order valence-electron chi connectivity index (χ1n) is 7.88. The van der Waals surface area contributed by atoms with Crippen LogP contribution in [0.2, 0.25) is 0 Å². The Hall–Kier alpha value is -1.36. The van der Waals surface area contributed by atoms with Crippen molar-refractivity contribution >= 4 is 11.9 Å². The number of allylic oxidation sites excluding steroid dienone is 1. The van der Waals surface area contributed by atoms with Crippen molar-refractivity contribution in [3.63, 3.8) is 0 Å². The predicted molar refractivity (Wildman–Crippen MR) is 81.0 cm³/mol. The molecule has 0 radical (unpaired) electrons. The summed E-state index contributed by atoms with van der Waals surface area (Å²) in [6.07, 6.45) is 9.43. The van der Waals surface area contributed by atoms with Crippen LogP contribution < -0.4 is 5.32 Å². The number of aliphatic carboxylic acids is 1. The summed E-state index contributed by atoms with van der Waals surface area (Å²) in [4.78, 5) is 23.4. The highest BCUT2D eigenvalue weighted by atomic mass is 16.5. The Morgan fingerprint density at radius 3 is 2.52 bits per heavy atom. The summed E-state index contributed by atoms with van der Waals surface area (Å²) in [6, 6.07) is -0.891. The summed E-state index contributed by atoms with van der Waals surface area (Å²) in [5.41, 5.74) is 0. The SMILES string of the molecule is C/C=C/CC(NC(=O)C(CC)OC1CCCCC1)C(=O)O. The number of amides is 1. The van der Waals surface area contributed by atoms with Crippen LogP contribution in [-0.4, -0.2) is 35.2 Å². The van der Waals surface area contributed by atoms with Crippen LogP contribution >= 0.6 is 0 Å². The van der Waals surface area contributed by atoms with Gasteiger partial charge in [-0.15, -0.1) is 0 Å². The molecule has 2 atom stereocenters. The Labute approximate surface area is 126 Å². The third-order valence-electron chi connectivity index (χ3n) is 3.79. The van der Waals surface area contributed by atoms with Crippen molar-refractivity contribution in [1.82, 2.24) is 5.32 Å². The fraction of sp³-hybridized carbons (Fsp3) is 0.750. The van der Waals surface area contributed by atoms with Gasteiger partial charge in [-0.05, 0) is 32.6 Å². The monoisotopic (exact) mass is 297 g/mol. The quantitative estimate of drug-likeness (QED) is 0.675. The van der Waals surface area contributed by atoms with E-state index < -0.39 is 18.1 Å². The van der Waals surface area contributed by atoms with Gasteiger partial charge in [0.1, 0.15) is 12.1 Å². The lowest BCUT2D eigenvalue weighted by Crippen LogP contribution is -2.46. The first kappa shape index (κ1) is 17.7. The lowest BCUT2D eigenvalue weighted by molar-refractivity contribution is -0.146. The molecule has 1 aliphatic carbocycles. The smallest absolute Gasteiger partial charge is 0.326 e. The summed E-state index contributed by atoms with van der Waals surface area (Å²) in [5, 5.41) is 11.7. The zero-order chi connectivity index (χ0) is 15.7. The molecule has 120 valence electrons. The molecule has 2 N–H and O–H groups in total. The maximum absolute atomic E-state index is 12.2. The van der Waals surface area contributed by atoms with Crippen LogP contribution in [0.4, 0.5) is 0 Å². The fourth-order valence-electron chi connectivity index (χ4n) is 2.54. The highest BCUT2D eigenvalue weighted by Crippen LogP contribution is 2.22. The van der Waals surface area contributed by atoms with Crippen LogP contribution in [0.1, 0.15) is 58.8 Å². The molecule has 1 rings (SSSR count). The van der Waals surface area contributed by atoms with Gasteiger partial charge in [0, 0.05) is 0 Å². The van der Waals surface area contributed by atoms with E-state index in [1.807, 2.05) is 13.8 Å². The molecule has 0 aromatic heterocycles. The number of carbonyl (C=O) groups is 2. The van der Waals surface area contributed by atoms with Crippen LogP contribution in [0.25, 0.3) is 0 Å². The lowest BCUT2D eigenvalue weighted by atomic mass is 9.97. The number of carboxylic acids is 1. The van der Waals surface area contributed by atoms with Crippen LogP contribution in [0.15, 0.2) is 12.2 Å². The third-order valence-corrected chi connectivity index (χ3v) is 3.79. The summed E-state index contributed by atoms with van der Waals surface area (Å²) in [6.45, 7) is 3.70. The van der Waals surface area contributed by atoms with E-state index in [0.29, 0.717) is 6.42 Å². The maximum Gasteiger partial charge on any atom is 0.326 e. The topological polar surface area (TPSA) is 75.6 Å². The zero-order valence-corrected chi connectivity index (χ0v) is 13.0. The number of rotatable bonds is 8. The minimum atomic E-state index is -1.02. The van der Waals surface area contributed by atoms with Crippen molar-refractivity contribution in [2.45, 2.75) is 77.0 Å². The second-order valence-corrected chi connectivity index (χ2v) is 5.50. The van der Waals surface area contributed by atoms with E-state index in [9.17, 15) is 9.59 Å². The molecule has 0 bridgehead atoms. The van der Waals surface area contributed by atoms with E-state index in [0.717, 1.165) is 25.7 Å². The average molecular weight is 297 g/mol. The molecule has 0 saturated heterocycles. The second-order valence-electron chi connectivity index (χ2n) is 5.50. The molecule has 0 aromatic carbocycles. The fourth-order valence-corrected chi connectivity index (χ4v) is 2.54. The molecular formula is C16H27NO4. The Balaban J connectivity index is 2.53. The molecule has 1 amide bonds. The van der Waals surface area contributed by atoms with Crippen LogP contribution in [0.5, 0.6) is 0 Å². The van der Waals surface area contributed by atoms with E-state index in [1.165, 1.54) is 6.42 Å². The number of carboxylic acid groups (broad SMARTS) is 1. The van der Waals surface area contributed by atoms with Gasteiger partial charge in [-0.3, -0.25) is 4.79 Å². The molecule has 21 heavy (non-hydrogen) atoms. The summed E-state index contributed by atoms with van der Waals surface area (Å²) in [7, 11) is 0. The third kappa shape index (κ3) is 6.29. The average Bonchev–Trinajstić information content (AvgIpc) is 2.49. The summed E-state index contributed by atoms with van der Waals surface area (Å²) >= 11 is 0. The van der Waals surface area contributed by atoms with Crippen LogP contribution in [-0.2, 0) is 14.3 Å². The van der Waals surface area contributed by atoms with Crippen molar-refractivity contribution in [2.75, 3.05) is 0 Å². The Morgan fingerprint density at radius 1 is 1.33 bits per heavy atom. The van der Waals surface area contributed by atoms with Crippen molar-refractivity contribution in [2.24, 2.45) is 0 Å². The Kier molecular flexibility index (Phi) is 8.05. The van der Waals surface area contributed by atoms with Gasteiger partial charge in [0.15, 0.2) is 0 Å². The van der Waals surface area contributed by atoms with Gasteiger partial charge in [-0.25, -0.2) is 4.79 Å². The van der Waals surface area contributed by atoms with E-state index in [4.69, 9.17) is 9.84 Å². The minimum absolute atomic E-state index is 0.133. The first-order chi connectivity index (χ1) is 10.1. The zero-order valence-electron chi connectivity index (χ0n) is 13.0. The summed E-state index contributed by atoms with van der Waals surface area (Å²) < 4.78 is 5.86. The van der Waals surface area contributed by atoms with Gasteiger partial charge in [-0.2, -0.15) is 0 Å². The van der Waals surface area contributed by atoms with Crippen molar-refractivity contribution in [1.29, 1.82) is 0 Å². The molecule has 1 fully saturated rings. The molecule has 0 heterocycles. The lowest BCUT2D eigenvalue weighted by Gasteiger charge is -2.27. The van der Waals surface area contributed by atoms with E-state index >= 15 is 0 Å². The molecule has 0 aliphatic heterocycles. The highest BCUT2D eigenvalue weighted by Gasteiger charge is 2.26. The molecule has 2 unspecified atom stereocenters. The molecular weight excluding hydrogens is 270 g/mol. The maximum atomic E-state index is 12.2. The van der Waals surface area contributed by atoms with Gasteiger partial charge in [-0.1, -0.05) is 38.3 Å². The minimum Gasteiger partial charge on any atom is -0.480 e. The molecule has 1 aliphatic rings. The van der Waals surface area contributed by atoms with E-state index in [-0.39, 0.29) is 18.4 Å². The number of carbonyl (C=O) groups excluding carboxylic acids is 1. The van der Waals surface area contributed by atoms with E-state index in [2.05, 4.69) is 5.32 Å². The molecule has 1 saturated carbocycles. The Morgan fingerprint density at radius 2 is 2.00 bits per heavy atom. The van der Waals surface area contributed by atoms with Crippen molar-refractivity contribution < 1.29 is 19.4 Å². The van der Waals surface area contributed by atoms with Gasteiger partial charge >= 0.3 is 5.97 Å². The van der Waals surface area contributed by atoms with Gasteiger partial charge in [0.25, 0.3) is 0 Å². The number of ether oxygens (including phenoxy) is 1. The first-order valence-corrected chi connectivity index (χ1v) is 7.88. The highest BCUT2D eigenvalue weighted by molar-refractivity contribution is 5.86. The summed E-state index contributed by atoms with van der Waals surface area (Å²) in [5.74, 6) is -1.34. The second kappa shape index (κ2) is 9.55. The van der Waals surface area contributed by atoms with Crippen molar-refractivity contribution in [3.05, 3.63) is 12.2 Å². The largest absolute Gasteiger partial charge is 0.480 e. The van der Waals surface area contributed by atoms with Crippen molar-refractivity contribution in [3.8, 4) is 0 Å². The normalized spacial score (nSPS) is 19.3. The van der Waals surface area contributed by atoms with E-state index in [1.54, 1.807) is 12.2 Å². The van der Waals surface area contributed by atoms with Gasteiger partial charge < -0.3 is 15.2 Å². The predicted octanol–water partition coefficient (Wildman–Crippen LogP) is 2.65.